The van der Waals surface area contributed by atoms with Crippen LogP contribution in [-0.2, 0) is 17.8 Å². The average molecular weight is 302 g/mol. The third-order valence-electron chi connectivity index (χ3n) is 3.06. The summed E-state index contributed by atoms with van der Waals surface area (Å²) in [6.07, 6.45) is 1.56. The average Bonchev–Trinajstić information content (AvgIpc) is 2.85. The van der Waals surface area contributed by atoms with Gasteiger partial charge in [-0.25, -0.2) is 4.68 Å². The zero-order valence-electron chi connectivity index (χ0n) is 12.5. The highest BCUT2D eigenvalue weighted by atomic mass is 16.6. The number of hydrogen-bond acceptors (Lipinski definition) is 4. The highest BCUT2D eigenvalue weighted by Crippen LogP contribution is 2.19. The fraction of sp³-hybridized carbons (Fsp3) is 0.333. The van der Waals surface area contributed by atoms with Crippen LogP contribution in [0, 0.1) is 16.0 Å². The topological polar surface area (TPSA) is 90.1 Å². The van der Waals surface area contributed by atoms with Gasteiger partial charge in [0.05, 0.1) is 17.5 Å². The quantitative estimate of drug-likeness (QED) is 0.656. The Morgan fingerprint density at radius 3 is 2.77 bits per heavy atom. The van der Waals surface area contributed by atoms with Gasteiger partial charge in [-0.2, -0.15) is 5.10 Å². The summed E-state index contributed by atoms with van der Waals surface area (Å²) in [5.74, 6) is 0.683. The van der Waals surface area contributed by atoms with Crippen molar-refractivity contribution in [1.29, 1.82) is 0 Å². The molecule has 1 amide bonds. The molecule has 0 aliphatic carbocycles. The predicted molar refractivity (Wildman–Crippen MR) is 82.5 cm³/mol. The second-order valence-corrected chi connectivity index (χ2v) is 5.40. The molecule has 7 nitrogen and oxygen atoms in total. The fourth-order valence-electron chi connectivity index (χ4n) is 2.13. The normalized spacial score (nSPS) is 10.7. The lowest BCUT2D eigenvalue weighted by Gasteiger charge is -2.11. The number of nitrogens with zero attached hydrogens (tertiary/aromatic N) is 3. The van der Waals surface area contributed by atoms with Crippen molar-refractivity contribution in [1.82, 2.24) is 9.78 Å². The van der Waals surface area contributed by atoms with E-state index in [2.05, 4.69) is 24.3 Å². The Kier molecular flexibility index (Phi) is 4.88. The number of amides is 1. The summed E-state index contributed by atoms with van der Waals surface area (Å²) in [4.78, 5) is 22.6. The Bertz CT molecular complexity index is 679. The number of nitrogens with one attached hydrogen (secondary N) is 1. The molecule has 1 aromatic heterocycles. The van der Waals surface area contributed by atoms with Crippen molar-refractivity contribution >= 4 is 17.4 Å². The number of anilines is 1. The van der Waals surface area contributed by atoms with Gasteiger partial charge in [0.1, 0.15) is 5.82 Å². The zero-order valence-corrected chi connectivity index (χ0v) is 12.5. The first-order chi connectivity index (χ1) is 10.5. The molecule has 22 heavy (non-hydrogen) atoms. The molecule has 0 aliphatic heterocycles. The van der Waals surface area contributed by atoms with E-state index in [0.717, 1.165) is 0 Å². The van der Waals surface area contributed by atoms with Crippen molar-refractivity contribution in [3.8, 4) is 0 Å². The van der Waals surface area contributed by atoms with Crippen molar-refractivity contribution in [2.24, 2.45) is 5.92 Å². The molecule has 0 spiro atoms. The summed E-state index contributed by atoms with van der Waals surface area (Å²) < 4.78 is 1.71. The minimum absolute atomic E-state index is 0.0478. The summed E-state index contributed by atoms with van der Waals surface area (Å²) >= 11 is 0. The number of aromatic nitrogens is 2. The number of carbonyl (C=O) groups excluding carboxylic acids is 1. The molecule has 0 saturated carbocycles. The highest BCUT2D eigenvalue weighted by Gasteiger charge is 2.16. The Hall–Kier alpha value is -2.70. The summed E-state index contributed by atoms with van der Waals surface area (Å²) in [5, 5.41) is 17.9. The summed E-state index contributed by atoms with van der Waals surface area (Å²) in [6, 6.07) is 7.95. The van der Waals surface area contributed by atoms with Crippen molar-refractivity contribution in [2.75, 3.05) is 5.32 Å². The zero-order chi connectivity index (χ0) is 16.1. The van der Waals surface area contributed by atoms with Crippen LogP contribution in [0.4, 0.5) is 11.5 Å². The molecule has 0 unspecified atom stereocenters. The second-order valence-electron chi connectivity index (χ2n) is 5.40. The van der Waals surface area contributed by atoms with Gasteiger partial charge in [-0.1, -0.05) is 32.0 Å². The number of para-hydroxylation sites is 1. The molecule has 0 saturated heterocycles. The maximum atomic E-state index is 12.1. The minimum atomic E-state index is -0.481. The van der Waals surface area contributed by atoms with Crippen molar-refractivity contribution in [3.63, 3.8) is 0 Å². The predicted octanol–water partition coefficient (Wildman–Crippen LogP) is 2.63. The smallest absolute Gasteiger partial charge is 0.273 e. The first-order valence-corrected chi connectivity index (χ1v) is 7.01. The standard InChI is InChI=1S/C15H18N4O3/c1-11(2)10-18-14(7-8-16-18)17-15(20)9-12-5-3-4-6-13(12)19(21)22/h3-8,11H,9-10H2,1-2H3,(H,17,20). The van der Waals surface area contributed by atoms with Gasteiger partial charge in [-0.05, 0) is 5.92 Å². The molecule has 1 aromatic carbocycles. The van der Waals surface area contributed by atoms with E-state index >= 15 is 0 Å². The van der Waals surface area contributed by atoms with E-state index in [-0.39, 0.29) is 18.0 Å². The number of rotatable bonds is 6. The van der Waals surface area contributed by atoms with Crippen LogP contribution >= 0.6 is 0 Å². The number of benzene rings is 1. The summed E-state index contributed by atoms with van der Waals surface area (Å²) in [6.45, 7) is 4.80. The third kappa shape index (κ3) is 3.91. The van der Waals surface area contributed by atoms with Crippen molar-refractivity contribution in [2.45, 2.75) is 26.8 Å². The monoisotopic (exact) mass is 302 g/mol. The van der Waals surface area contributed by atoms with Crippen LogP contribution in [0.25, 0.3) is 0 Å². The van der Waals surface area contributed by atoms with Crippen molar-refractivity contribution in [3.05, 3.63) is 52.2 Å². The number of nitro benzene ring substituents is 1. The molecule has 0 atom stereocenters. The van der Waals surface area contributed by atoms with E-state index in [1.54, 1.807) is 35.1 Å². The molecule has 7 heteroatoms. The highest BCUT2D eigenvalue weighted by molar-refractivity contribution is 5.92. The lowest BCUT2D eigenvalue weighted by molar-refractivity contribution is -0.385. The van der Waals surface area contributed by atoms with Gasteiger partial charge in [0.2, 0.25) is 5.91 Å². The van der Waals surface area contributed by atoms with Crippen LogP contribution in [0.5, 0.6) is 0 Å². The van der Waals surface area contributed by atoms with Gasteiger partial charge in [-0.3, -0.25) is 14.9 Å². The van der Waals surface area contributed by atoms with E-state index < -0.39 is 4.92 Å². The largest absolute Gasteiger partial charge is 0.311 e. The maximum Gasteiger partial charge on any atom is 0.273 e. The molecule has 2 aromatic rings. The van der Waals surface area contributed by atoms with Crippen LogP contribution in [0.15, 0.2) is 36.5 Å². The van der Waals surface area contributed by atoms with Gasteiger partial charge in [0.15, 0.2) is 0 Å². The SMILES string of the molecule is CC(C)Cn1nccc1NC(=O)Cc1ccccc1[N+](=O)[O-]. The van der Waals surface area contributed by atoms with Crippen LogP contribution in [0.2, 0.25) is 0 Å². The molecule has 1 heterocycles. The number of nitro groups is 1. The Labute approximate surface area is 128 Å². The van der Waals surface area contributed by atoms with E-state index in [1.807, 2.05) is 0 Å². The van der Waals surface area contributed by atoms with Crippen LogP contribution in [0.1, 0.15) is 19.4 Å². The minimum Gasteiger partial charge on any atom is -0.311 e. The second kappa shape index (κ2) is 6.84. The maximum absolute atomic E-state index is 12.1. The van der Waals surface area contributed by atoms with Gasteiger partial charge in [0.25, 0.3) is 5.69 Å². The summed E-state index contributed by atoms with van der Waals surface area (Å²) in [7, 11) is 0. The van der Waals surface area contributed by atoms with E-state index in [4.69, 9.17) is 0 Å². The van der Waals surface area contributed by atoms with Gasteiger partial charge < -0.3 is 5.32 Å². The molecule has 0 aliphatic rings. The van der Waals surface area contributed by atoms with Gasteiger partial charge in [-0.15, -0.1) is 0 Å². The van der Waals surface area contributed by atoms with Crippen LogP contribution in [0.3, 0.4) is 0 Å². The Morgan fingerprint density at radius 1 is 1.36 bits per heavy atom. The molecular weight excluding hydrogens is 284 g/mol. The van der Waals surface area contributed by atoms with Crippen LogP contribution < -0.4 is 5.32 Å². The molecule has 0 fully saturated rings. The van der Waals surface area contributed by atoms with Gasteiger partial charge in [0, 0.05) is 24.2 Å². The number of carbonyl (C=O) groups is 1. The molecule has 116 valence electrons. The molecule has 2 rings (SSSR count). The van der Waals surface area contributed by atoms with Crippen molar-refractivity contribution < 1.29 is 9.72 Å². The first-order valence-electron chi connectivity index (χ1n) is 7.01. The lowest BCUT2D eigenvalue weighted by atomic mass is 10.1. The lowest BCUT2D eigenvalue weighted by Crippen LogP contribution is -2.19. The molecule has 0 bridgehead atoms. The molecule has 1 N–H and O–H groups in total. The fourth-order valence-corrected chi connectivity index (χ4v) is 2.13. The Morgan fingerprint density at radius 2 is 2.09 bits per heavy atom. The Balaban J connectivity index is 2.08. The molecule has 0 radical (unpaired) electrons. The van der Waals surface area contributed by atoms with Gasteiger partial charge >= 0.3 is 0 Å². The number of hydrogen-bond donors (Lipinski definition) is 1. The van der Waals surface area contributed by atoms with E-state index in [1.165, 1.54) is 6.07 Å². The van der Waals surface area contributed by atoms with E-state index in [0.29, 0.717) is 23.8 Å². The summed E-state index contributed by atoms with van der Waals surface area (Å²) in [5.41, 5.74) is 0.341. The van der Waals surface area contributed by atoms with Crippen LogP contribution in [-0.4, -0.2) is 20.6 Å². The third-order valence-corrected chi connectivity index (χ3v) is 3.06. The van der Waals surface area contributed by atoms with E-state index in [9.17, 15) is 14.9 Å². The molecular formula is C15H18N4O3. The first kappa shape index (κ1) is 15.7.